The standard InChI is InChI=1S/C22H24F2N4O3S.K/c1-22(7-2-8-22)27-15-9-13(18(23)24)14(10-25-15)17-16(26-19(32-17)21(30)31)20(29)28-11-3-4-12(28)6-5-11;/h9-12,18H,2-8H2,1H3,(H,25,27)(H,30,31);/q;+1/p-1/t11-,12+;. The maximum Gasteiger partial charge on any atom is 1.00 e. The molecular formula is C22H23F2KN4O3S. The Balaban J connectivity index is 0.00000259. The molecule has 11 heteroatoms. The van der Waals surface area contributed by atoms with Gasteiger partial charge < -0.3 is 20.1 Å². The van der Waals surface area contributed by atoms with Crippen LogP contribution in [0.5, 0.6) is 0 Å². The molecule has 7 nitrogen and oxygen atoms in total. The number of carboxylic acids is 1. The molecular weight excluding hydrogens is 477 g/mol. The number of thiazole rings is 1. The van der Waals surface area contributed by atoms with Gasteiger partial charge in [-0.3, -0.25) is 4.79 Å². The van der Waals surface area contributed by atoms with Gasteiger partial charge in [0.15, 0.2) is 0 Å². The molecule has 3 aliphatic rings. The van der Waals surface area contributed by atoms with Gasteiger partial charge in [0.25, 0.3) is 12.3 Å². The maximum atomic E-state index is 14.1. The third-order valence-electron chi connectivity index (χ3n) is 6.99. The van der Waals surface area contributed by atoms with E-state index in [1.807, 2.05) is 6.92 Å². The first-order valence-corrected chi connectivity index (χ1v) is 11.7. The van der Waals surface area contributed by atoms with Gasteiger partial charge in [-0.15, -0.1) is 11.3 Å². The molecule has 0 unspecified atom stereocenters. The molecule has 1 amide bonds. The number of carboxylic acid groups (broad SMARTS) is 1. The molecule has 2 aromatic heterocycles. The fourth-order valence-corrected chi connectivity index (χ4v) is 6.08. The minimum Gasteiger partial charge on any atom is -0.542 e. The van der Waals surface area contributed by atoms with E-state index in [1.165, 1.54) is 12.3 Å². The number of fused-ring (bicyclic) bond motifs is 2. The van der Waals surface area contributed by atoms with Gasteiger partial charge in [-0.05, 0) is 57.9 Å². The predicted octanol–water partition coefficient (Wildman–Crippen LogP) is 0.632. The summed E-state index contributed by atoms with van der Waals surface area (Å²) in [6.07, 6.45) is 4.97. The monoisotopic (exact) mass is 500 g/mol. The Hall–Kier alpha value is -0.984. The maximum absolute atomic E-state index is 14.1. The van der Waals surface area contributed by atoms with Crippen LogP contribution in [0.1, 0.15) is 84.1 Å². The van der Waals surface area contributed by atoms with Crippen molar-refractivity contribution < 1.29 is 74.9 Å². The van der Waals surface area contributed by atoms with Crippen LogP contribution in [0.4, 0.5) is 14.6 Å². The number of carbonyl (C=O) groups is 2. The number of nitrogens with zero attached hydrogens (tertiary/aromatic N) is 3. The average Bonchev–Trinajstić information content (AvgIpc) is 3.46. The van der Waals surface area contributed by atoms with E-state index in [9.17, 15) is 23.5 Å². The van der Waals surface area contributed by atoms with Crippen LogP contribution in [0, 0.1) is 0 Å². The molecule has 4 heterocycles. The van der Waals surface area contributed by atoms with Crippen LogP contribution < -0.4 is 61.8 Å². The number of hydrogen-bond acceptors (Lipinski definition) is 7. The molecule has 2 saturated heterocycles. The second-order valence-electron chi connectivity index (χ2n) is 9.16. The molecule has 5 rings (SSSR count). The van der Waals surface area contributed by atoms with Crippen LogP contribution >= 0.6 is 11.3 Å². The first-order chi connectivity index (χ1) is 15.3. The van der Waals surface area contributed by atoms with Crippen molar-refractivity contribution in [3.8, 4) is 10.4 Å². The third kappa shape index (κ3) is 4.64. The number of halogens is 2. The fourth-order valence-electron chi connectivity index (χ4n) is 5.15. The topological polar surface area (TPSA) is 98.2 Å². The van der Waals surface area contributed by atoms with Crippen LogP contribution in [0.15, 0.2) is 12.3 Å². The molecule has 0 atom stereocenters. The van der Waals surface area contributed by atoms with E-state index in [4.69, 9.17) is 0 Å². The average molecular weight is 501 g/mol. The summed E-state index contributed by atoms with van der Waals surface area (Å²) in [4.78, 5) is 35.0. The number of aromatic nitrogens is 2. The van der Waals surface area contributed by atoms with Gasteiger partial charge in [-0.25, -0.2) is 18.7 Å². The molecule has 2 bridgehead atoms. The van der Waals surface area contributed by atoms with Crippen molar-refractivity contribution in [3.63, 3.8) is 0 Å². The molecule has 0 spiro atoms. The molecule has 2 aliphatic heterocycles. The van der Waals surface area contributed by atoms with E-state index in [0.717, 1.165) is 44.9 Å². The molecule has 1 aliphatic carbocycles. The summed E-state index contributed by atoms with van der Waals surface area (Å²) in [6.45, 7) is 2.02. The number of alkyl halides is 2. The zero-order chi connectivity index (χ0) is 22.6. The number of carbonyl (C=O) groups excluding carboxylic acids is 2. The molecule has 33 heavy (non-hydrogen) atoms. The van der Waals surface area contributed by atoms with Gasteiger partial charge in [0, 0.05) is 34.9 Å². The Kier molecular flexibility index (Phi) is 7.29. The van der Waals surface area contributed by atoms with E-state index in [1.54, 1.807) is 4.90 Å². The van der Waals surface area contributed by atoms with Gasteiger partial charge in [0.05, 0.1) is 4.88 Å². The van der Waals surface area contributed by atoms with Gasteiger partial charge in [-0.2, -0.15) is 0 Å². The number of rotatable bonds is 6. The number of anilines is 1. The molecule has 0 radical (unpaired) electrons. The minimum absolute atomic E-state index is 0. The third-order valence-corrected chi connectivity index (χ3v) is 8.06. The summed E-state index contributed by atoms with van der Waals surface area (Å²) in [7, 11) is 0. The number of pyridine rings is 1. The van der Waals surface area contributed by atoms with Crippen molar-refractivity contribution in [3.05, 3.63) is 28.5 Å². The summed E-state index contributed by atoms with van der Waals surface area (Å²) in [6, 6.07) is 1.47. The Morgan fingerprint density at radius 1 is 1.24 bits per heavy atom. The molecule has 2 aromatic rings. The summed E-state index contributed by atoms with van der Waals surface area (Å²) in [5.41, 5.74) is -0.554. The molecule has 0 aromatic carbocycles. The number of hydrogen-bond donors (Lipinski definition) is 1. The SMILES string of the molecule is CC1(Nc2cc(C(F)F)c(-c3sc(C(=O)[O-])nc3C(=O)N3[C@H]4CC[C@@H]3CC4)cn2)CCC1.[K+]. The smallest absolute Gasteiger partial charge is 0.542 e. The Morgan fingerprint density at radius 3 is 2.39 bits per heavy atom. The first-order valence-electron chi connectivity index (χ1n) is 10.9. The summed E-state index contributed by atoms with van der Waals surface area (Å²) in [5.74, 6) is -1.61. The van der Waals surface area contributed by atoms with Crippen molar-refractivity contribution >= 4 is 29.0 Å². The van der Waals surface area contributed by atoms with Crippen molar-refractivity contribution in [2.24, 2.45) is 0 Å². The normalized spacial score (nSPS) is 22.7. The number of aromatic carboxylic acids is 1. The number of amides is 1. The molecule has 170 valence electrons. The largest absolute Gasteiger partial charge is 1.00 e. The van der Waals surface area contributed by atoms with Crippen LogP contribution in [-0.2, 0) is 0 Å². The van der Waals surface area contributed by atoms with Gasteiger partial charge in [0.2, 0.25) is 0 Å². The minimum atomic E-state index is -2.83. The van der Waals surface area contributed by atoms with E-state index in [0.29, 0.717) is 17.2 Å². The van der Waals surface area contributed by atoms with Crippen LogP contribution in [-0.4, -0.2) is 44.4 Å². The van der Waals surface area contributed by atoms with Crippen molar-refractivity contribution in [2.45, 2.75) is 75.9 Å². The van der Waals surface area contributed by atoms with E-state index in [2.05, 4.69) is 15.3 Å². The van der Waals surface area contributed by atoms with E-state index in [-0.39, 0.29) is 90.7 Å². The Morgan fingerprint density at radius 2 is 1.88 bits per heavy atom. The predicted molar refractivity (Wildman–Crippen MR) is 113 cm³/mol. The molecule has 3 fully saturated rings. The van der Waals surface area contributed by atoms with Crippen molar-refractivity contribution in [1.29, 1.82) is 0 Å². The fraction of sp³-hybridized carbons (Fsp3) is 0.545. The van der Waals surface area contributed by atoms with E-state index < -0.39 is 23.3 Å². The Labute approximate surface area is 236 Å². The quantitative estimate of drug-likeness (QED) is 0.585. The molecule has 1 N–H and O–H groups in total. The second-order valence-corrected chi connectivity index (χ2v) is 10.2. The second kappa shape index (κ2) is 9.58. The van der Waals surface area contributed by atoms with Crippen LogP contribution in [0.25, 0.3) is 10.4 Å². The summed E-state index contributed by atoms with van der Waals surface area (Å²) < 4.78 is 28.1. The first kappa shape index (κ1) is 25.1. The number of nitrogens with one attached hydrogen (secondary N) is 1. The van der Waals surface area contributed by atoms with Gasteiger partial charge >= 0.3 is 51.4 Å². The van der Waals surface area contributed by atoms with Crippen LogP contribution in [0.3, 0.4) is 0 Å². The Bertz CT molecular complexity index is 1070. The van der Waals surface area contributed by atoms with Gasteiger partial charge in [0.1, 0.15) is 22.5 Å². The van der Waals surface area contributed by atoms with Crippen molar-refractivity contribution in [1.82, 2.24) is 14.9 Å². The van der Waals surface area contributed by atoms with Crippen LogP contribution in [0.2, 0.25) is 0 Å². The zero-order valence-electron chi connectivity index (χ0n) is 18.6. The zero-order valence-corrected chi connectivity index (χ0v) is 22.5. The summed E-state index contributed by atoms with van der Waals surface area (Å²) >= 11 is 0.683. The summed E-state index contributed by atoms with van der Waals surface area (Å²) in [5, 5.41) is 14.3. The van der Waals surface area contributed by atoms with Gasteiger partial charge in [-0.1, -0.05) is 0 Å². The van der Waals surface area contributed by atoms with Crippen molar-refractivity contribution in [2.75, 3.05) is 5.32 Å². The van der Waals surface area contributed by atoms with E-state index >= 15 is 0 Å². The molecule has 1 saturated carbocycles.